The van der Waals surface area contributed by atoms with Gasteiger partial charge in [-0.3, -0.25) is 9.59 Å². The van der Waals surface area contributed by atoms with Crippen molar-refractivity contribution in [2.24, 2.45) is 0 Å². The number of aliphatic carboxylic acids is 1. The van der Waals surface area contributed by atoms with Crippen molar-refractivity contribution in [2.45, 2.75) is 70.6 Å². The fraction of sp³-hybridized carbons (Fsp3) is 0.882. The predicted octanol–water partition coefficient (Wildman–Crippen LogP) is 1.06. The fourth-order valence-electron chi connectivity index (χ4n) is 3.71. The number of sulfonamides is 1. The molecule has 1 N–H and O–H groups in total. The molecule has 2 aliphatic rings. The highest BCUT2D eigenvalue weighted by atomic mass is 32.2. The topological polar surface area (TPSA) is 104 Å². The highest BCUT2D eigenvalue weighted by Gasteiger charge is 2.33. The maximum absolute atomic E-state index is 12.6. The molecule has 0 aliphatic carbocycles. The van der Waals surface area contributed by atoms with Crippen LogP contribution in [0.5, 0.6) is 0 Å². The first-order valence-corrected chi connectivity index (χ1v) is 11.0. The van der Waals surface area contributed by atoms with Gasteiger partial charge in [0.1, 0.15) is 6.54 Å². The molecule has 2 fully saturated rings. The highest BCUT2D eigenvalue weighted by molar-refractivity contribution is 7.89. The van der Waals surface area contributed by atoms with Gasteiger partial charge in [0.2, 0.25) is 15.9 Å². The van der Waals surface area contributed by atoms with Gasteiger partial charge in [-0.15, -0.1) is 0 Å². The van der Waals surface area contributed by atoms with Crippen LogP contribution < -0.4 is 0 Å². The van der Waals surface area contributed by atoms with E-state index < -0.39 is 16.0 Å². The monoisotopic (exact) mass is 390 g/mol. The van der Waals surface area contributed by atoms with E-state index >= 15 is 0 Å². The molecule has 0 aromatic carbocycles. The molecular formula is C17H30N2O6S. The third-order valence-electron chi connectivity index (χ3n) is 5.25. The molecule has 0 saturated carbocycles. The van der Waals surface area contributed by atoms with Gasteiger partial charge >= 0.3 is 5.97 Å². The highest BCUT2D eigenvalue weighted by Crippen LogP contribution is 2.24. The van der Waals surface area contributed by atoms with E-state index in [1.807, 2.05) is 6.92 Å². The molecule has 2 aliphatic heterocycles. The van der Waals surface area contributed by atoms with Crippen molar-refractivity contribution in [2.75, 3.05) is 25.4 Å². The molecule has 8 nitrogen and oxygen atoms in total. The van der Waals surface area contributed by atoms with E-state index in [0.717, 1.165) is 12.8 Å². The number of carboxylic acid groups (broad SMARTS) is 1. The van der Waals surface area contributed by atoms with Gasteiger partial charge in [-0.2, -0.15) is 0 Å². The Labute approximate surface area is 155 Å². The molecule has 0 aromatic rings. The molecule has 0 bridgehead atoms. The van der Waals surface area contributed by atoms with Gasteiger partial charge in [-0.1, -0.05) is 0 Å². The summed E-state index contributed by atoms with van der Waals surface area (Å²) in [7, 11) is -3.24. The molecule has 0 aromatic heterocycles. The van der Waals surface area contributed by atoms with E-state index in [1.165, 1.54) is 9.21 Å². The van der Waals surface area contributed by atoms with Gasteiger partial charge in [0.05, 0.1) is 18.0 Å². The van der Waals surface area contributed by atoms with E-state index in [4.69, 9.17) is 4.74 Å². The van der Waals surface area contributed by atoms with E-state index in [9.17, 15) is 23.1 Å². The second-order valence-electron chi connectivity index (χ2n) is 7.13. The molecule has 2 unspecified atom stereocenters. The molecule has 0 spiro atoms. The first-order valence-electron chi connectivity index (χ1n) is 9.37. The number of rotatable bonds is 8. The van der Waals surface area contributed by atoms with Crippen molar-refractivity contribution in [3.63, 3.8) is 0 Å². The van der Waals surface area contributed by atoms with Gasteiger partial charge in [0.25, 0.3) is 0 Å². The minimum absolute atomic E-state index is 0.0508. The van der Waals surface area contributed by atoms with Crippen LogP contribution >= 0.6 is 0 Å². The SMILES string of the molecule is CCS(=O)(=O)N1CCC(N(CC(=O)O)C(=O)CCC2CCC(C)O2)CC1. The summed E-state index contributed by atoms with van der Waals surface area (Å²) in [6, 6.07) is -0.231. The quantitative estimate of drug-likeness (QED) is 0.665. The molecule has 150 valence electrons. The second-order valence-corrected chi connectivity index (χ2v) is 9.39. The number of nitrogens with zero attached hydrogens (tertiary/aromatic N) is 2. The summed E-state index contributed by atoms with van der Waals surface area (Å²) in [5, 5.41) is 9.17. The van der Waals surface area contributed by atoms with Crippen LogP contribution in [0.25, 0.3) is 0 Å². The van der Waals surface area contributed by atoms with Crippen LogP contribution in [0.2, 0.25) is 0 Å². The third kappa shape index (κ3) is 5.65. The minimum Gasteiger partial charge on any atom is -0.480 e. The van der Waals surface area contributed by atoms with Crippen LogP contribution in [-0.2, 0) is 24.3 Å². The van der Waals surface area contributed by atoms with Crippen LogP contribution in [0, 0.1) is 0 Å². The summed E-state index contributed by atoms with van der Waals surface area (Å²) in [5.74, 6) is -1.19. The molecule has 2 atom stereocenters. The summed E-state index contributed by atoms with van der Waals surface area (Å²) in [6.45, 7) is 3.93. The van der Waals surface area contributed by atoms with Gasteiger partial charge in [0.15, 0.2) is 0 Å². The average molecular weight is 391 g/mol. The standard InChI is InChI=1S/C17H30N2O6S/c1-3-26(23,24)18-10-8-14(9-11-18)19(12-17(21)22)16(20)7-6-15-5-4-13(2)25-15/h13-15H,3-12H2,1-2H3,(H,21,22). The predicted molar refractivity (Wildman–Crippen MR) is 96.2 cm³/mol. The lowest BCUT2D eigenvalue weighted by Crippen LogP contribution is -2.50. The molecule has 9 heteroatoms. The van der Waals surface area contributed by atoms with Crippen molar-refractivity contribution in [3.05, 3.63) is 0 Å². The number of hydrogen-bond donors (Lipinski definition) is 1. The summed E-state index contributed by atoms with van der Waals surface area (Å²) < 4.78 is 31.1. The summed E-state index contributed by atoms with van der Waals surface area (Å²) >= 11 is 0. The van der Waals surface area contributed by atoms with Crippen LogP contribution in [0.15, 0.2) is 0 Å². The van der Waals surface area contributed by atoms with E-state index in [-0.39, 0.29) is 42.9 Å². The Hall–Kier alpha value is -1.19. The number of piperidine rings is 1. The number of amides is 1. The largest absolute Gasteiger partial charge is 0.480 e. The van der Waals surface area contributed by atoms with Gasteiger partial charge < -0.3 is 14.7 Å². The molecule has 26 heavy (non-hydrogen) atoms. The van der Waals surface area contributed by atoms with Gasteiger partial charge in [0, 0.05) is 25.6 Å². The Morgan fingerprint density at radius 1 is 1.19 bits per heavy atom. The van der Waals surface area contributed by atoms with E-state index in [0.29, 0.717) is 32.4 Å². The maximum atomic E-state index is 12.6. The van der Waals surface area contributed by atoms with Gasteiger partial charge in [-0.05, 0) is 46.0 Å². The van der Waals surface area contributed by atoms with Gasteiger partial charge in [-0.25, -0.2) is 12.7 Å². The Balaban J connectivity index is 1.92. The summed E-state index contributed by atoms with van der Waals surface area (Å²) in [4.78, 5) is 25.2. The van der Waals surface area contributed by atoms with Crippen LogP contribution in [0.3, 0.4) is 0 Å². The first kappa shape index (κ1) is 21.1. The zero-order valence-electron chi connectivity index (χ0n) is 15.6. The Morgan fingerprint density at radius 3 is 2.35 bits per heavy atom. The Kier molecular flexibility index (Phi) is 7.42. The van der Waals surface area contributed by atoms with Crippen molar-refractivity contribution in [1.82, 2.24) is 9.21 Å². The zero-order chi connectivity index (χ0) is 19.3. The minimum atomic E-state index is -3.24. The smallest absolute Gasteiger partial charge is 0.323 e. The van der Waals surface area contributed by atoms with Crippen LogP contribution in [0.4, 0.5) is 0 Å². The average Bonchev–Trinajstić information content (AvgIpc) is 3.03. The number of ether oxygens (including phenoxy) is 1. The van der Waals surface area contributed by atoms with E-state index in [2.05, 4.69) is 0 Å². The normalized spacial score (nSPS) is 25.3. The van der Waals surface area contributed by atoms with Crippen molar-refractivity contribution < 1.29 is 27.9 Å². The van der Waals surface area contributed by atoms with E-state index in [1.54, 1.807) is 6.92 Å². The molecule has 2 saturated heterocycles. The molecule has 0 radical (unpaired) electrons. The van der Waals surface area contributed by atoms with Crippen LogP contribution in [-0.4, -0.2) is 78.2 Å². The van der Waals surface area contributed by atoms with Crippen molar-refractivity contribution in [3.8, 4) is 0 Å². The third-order valence-corrected chi connectivity index (χ3v) is 7.13. The number of hydrogen-bond acceptors (Lipinski definition) is 5. The lowest BCUT2D eigenvalue weighted by Gasteiger charge is -2.37. The molecule has 2 rings (SSSR count). The second kappa shape index (κ2) is 9.14. The first-order chi connectivity index (χ1) is 12.2. The lowest BCUT2D eigenvalue weighted by atomic mass is 10.0. The lowest BCUT2D eigenvalue weighted by molar-refractivity contribution is -0.147. The number of carbonyl (C=O) groups excluding carboxylic acids is 1. The van der Waals surface area contributed by atoms with Crippen molar-refractivity contribution >= 4 is 21.9 Å². The van der Waals surface area contributed by atoms with Crippen molar-refractivity contribution in [1.29, 1.82) is 0 Å². The molecular weight excluding hydrogens is 360 g/mol. The number of carbonyl (C=O) groups is 2. The fourth-order valence-corrected chi connectivity index (χ4v) is 4.84. The molecule has 1 amide bonds. The molecule has 2 heterocycles. The Morgan fingerprint density at radius 2 is 1.85 bits per heavy atom. The summed E-state index contributed by atoms with van der Waals surface area (Å²) in [5.41, 5.74) is 0. The zero-order valence-corrected chi connectivity index (χ0v) is 16.4. The number of carboxylic acids is 1. The summed E-state index contributed by atoms with van der Waals surface area (Å²) in [6.07, 6.45) is 4.00. The maximum Gasteiger partial charge on any atom is 0.323 e. The van der Waals surface area contributed by atoms with Crippen LogP contribution in [0.1, 0.15) is 52.4 Å². The Bertz CT molecular complexity index is 600.